The van der Waals surface area contributed by atoms with E-state index in [0.29, 0.717) is 50.0 Å². The minimum Gasteiger partial charge on any atom is -0.497 e. The Morgan fingerprint density at radius 1 is 1.14 bits per heavy atom. The van der Waals surface area contributed by atoms with Gasteiger partial charge in [-0.05, 0) is 35.7 Å². The number of methoxy groups -OCH3 is 1. The molecule has 0 bridgehead atoms. The normalized spacial score (nSPS) is 19.0. The Morgan fingerprint density at radius 2 is 1.95 bits per heavy atom. The number of anilines is 1. The molecule has 0 radical (unpaired) electrons. The van der Waals surface area contributed by atoms with E-state index in [4.69, 9.17) is 4.74 Å². The highest BCUT2D eigenvalue weighted by atomic mass is 35.5. The van der Waals surface area contributed by atoms with Crippen LogP contribution in [0.1, 0.15) is 5.69 Å². The molecule has 3 aromatic rings. The Hall–Kier alpha value is -2.34. The standard InChI is InChI=1S/C25H29N5O4S.2ClH/c1-34-19-5-2-16-3-7-24(33)30(20(16)10-19)9-8-29-13-17(21(31)14-29)11-26-12-18-4-6-22-25(27-18)28-23(32)15-35-22;;/h2-7,10,17,21,26,31H,8-9,11-15H2,1H3,(H,27,28,32);2*1H/t17-,21+;;/m1../s1. The monoisotopic (exact) mass is 567 g/mol. The van der Waals surface area contributed by atoms with Crippen LogP contribution in [0.4, 0.5) is 5.82 Å². The van der Waals surface area contributed by atoms with Crippen molar-refractivity contribution in [1.82, 2.24) is 19.8 Å². The molecule has 1 saturated heterocycles. The fourth-order valence-corrected chi connectivity index (χ4v) is 5.44. The van der Waals surface area contributed by atoms with Crippen LogP contribution < -0.4 is 20.9 Å². The van der Waals surface area contributed by atoms with Gasteiger partial charge in [0.15, 0.2) is 0 Å². The minimum absolute atomic E-state index is 0. The van der Waals surface area contributed by atoms with E-state index < -0.39 is 6.10 Å². The Labute approximate surface area is 231 Å². The van der Waals surface area contributed by atoms with Gasteiger partial charge in [0.05, 0.1) is 35.1 Å². The molecular formula is C25H31Cl2N5O4S. The number of carbonyl (C=O) groups excluding carboxylic acids is 1. The first-order valence-electron chi connectivity index (χ1n) is 11.7. The van der Waals surface area contributed by atoms with Gasteiger partial charge >= 0.3 is 0 Å². The van der Waals surface area contributed by atoms with Crippen molar-refractivity contribution >= 4 is 59.2 Å². The van der Waals surface area contributed by atoms with Crippen molar-refractivity contribution in [3.8, 4) is 5.75 Å². The maximum atomic E-state index is 12.6. The number of benzene rings is 1. The largest absolute Gasteiger partial charge is 0.497 e. The van der Waals surface area contributed by atoms with Crippen LogP contribution in [0.15, 0.2) is 52.2 Å². The van der Waals surface area contributed by atoms with E-state index in [9.17, 15) is 14.7 Å². The second-order valence-corrected chi connectivity index (χ2v) is 9.97. The van der Waals surface area contributed by atoms with Gasteiger partial charge in [0, 0.05) is 57.3 Å². The lowest BCUT2D eigenvalue weighted by atomic mass is 10.1. The van der Waals surface area contributed by atoms with E-state index in [1.807, 2.05) is 36.4 Å². The number of aliphatic hydroxyl groups is 1. The number of hydrogen-bond donors (Lipinski definition) is 3. The van der Waals surface area contributed by atoms with Crippen LogP contribution in [0, 0.1) is 5.92 Å². The molecule has 4 heterocycles. The zero-order valence-corrected chi connectivity index (χ0v) is 22.8. The van der Waals surface area contributed by atoms with Crippen molar-refractivity contribution in [3.63, 3.8) is 0 Å². The van der Waals surface area contributed by atoms with Crippen LogP contribution in [-0.2, 0) is 17.9 Å². The second kappa shape index (κ2) is 12.9. The summed E-state index contributed by atoms with van der Waals surface area (Å²) in [5.41, 5.74) is 1.65. The molecule has 3 N–H and O–H groups in total. The predicted octanol–water partition coefficient (Wildman–Crippen LogP) is 2.38. The molecule has 0 saturated carbocycles. The van der Waals surface area contributed by atoms with E-state index in [1.165, 1.54) is 11.8 Å². The number of amides is 1. The van der Waals surface area contributed by atoms with Gasteiger partial charge in [0.2, 0.25) is 5.91 Å². The number of fused-ring (bicyclic) bond motifs is 2. The first kappa shape index (κ1) is 29.2. The molecule has 2 aromatic heterocycles. The molecule has 1 aromatic carbocycles. The lowest BCUT2D eigenvalue weighted by Gasteiger charge is -2.18. The van der Waals surface area contributed by atoms with Crippen LogP contribution in [0.5, 0.6) is 5.75 Å². The zero-order chi connectivity index (χ0) is 24.4. The lowest BCUT2D eigenvalue weighted by Crippen LogP contribution is -2.31. The summed E-state index contributed by atoms with van der Waals surface area (Å²) in [5, 5.41) is 17.8. The second-order valence-electron chi connectivity index (χ2n) is 8.95. The Kier molecular flexibility index (Phi) is 10.2. The third-order valence-electron chi connectivity index (χ3n) is 6.57. The van der Waals surface area contributed by atoms with E-state index >= 15 is 0 Å². The number of nitrogens with zero attached hydrogens (tertiary/aromatic N) is 3. The van der Waals surface area contributed by atoms with Gasteiger partial charge in [-0.15, -0.1) is 36.6 Å². The van der Waals surface area contributed by atoms with Gasteiger partial charge in [0.25, 0.3) is 5.56 Å². The highest BCUT2D eigenvalue weighted by Crippen LogP contribution is 2.29. The molecule has 0 aliphatic carbocycles. The number of halogens is 2. The fraction of sp³-hybridized carbons (Fsp3) is 0.400. The molecule has 1 fully saturated rings. The van der Waals surface area contributed by atoms with Gasteiger partial charge in [0.1, 0.15) is 11.6 Å². The third kappa shape index (κ3) is 6.76. The van der Waals surface area contributed by atoms with Crippen molar-refractivity contribution in [2.24, 2.45) is 5.92 Å². The Bertz CT molecular complexity index is 1310. The van der Waals surface area contributed by atoms with E-state index in [0.717, 1.165) is 28.0 Å². The number of ether oxygens (including phenoxy) is 1. The number of aromatic nitrogens is 2. The van der Waals surface area contributed by atoms with E-state index in [2.05, 4.69) is 20.5 Å². The van der Waals surface area contributed by atoms with Crippen LogP contribution >= 0.6 is 36.6 Å². The first-order chi connectivity index (χ1) is 17.0. The maximum absolute atomic E-state index is 12.6. The summed E-state index contributed by atoms with van der Waals surface area (Å²) in [6.07, 6.45) is -0.431. The van der Waals surface area contributed by atoms with Crippen molar-refractivity contribution in [1.29, 1.82) is 0 Å². The highest BCUT2D eigenvalue weighted by molar-refractivity contribution is 8.00. The van der Waals surface area contributed by atoms with Gasteiger partial charge in [-0.25, -0.2) is 4.98 Å². The molecule has 2 atom stereocenters. The summed E-state index contributed by atoms with van der Waals surface area (Å²) in [7, 11) is 1.62. The van der Waals surface area contributed by atoms with Gasteiger partial charge < -0.3 is 25.0 Å². The van der Waals surface area contributed by atoms with Crippen LogP contribution in [0.25, 0.3) is 10.9 Å². The molecule has 9 nitrogen and oxygen atoms in total. The molecule has 1 amide bonds. The zero-order valence-electron chi connectivity index (χ0n) is 20.4. The minimum atomic E-state index is -0.431. The number of thioether (sulfide) groups is 1. The average molecular weight is 569 g/mol. The number of rotatable bonds is 8. The topological polar surface area (TPSA) is 109 Å². The number of carbonyl (C=O) groups is 1. The molecular weight excluding hydrogens is 537 g/mol. The smallest absolute Gasteiger partial charge is 0.251 e. The molecule has 37 heavy (non-hydrogen) atoms. The fourth-order valence-electron chi connectivity index (χ4n) is 4.68. The number of hydrogen-bond acceptors (Lipinski definition) is 8. The van der Waals surface area contributed by atoms with Gasteiger partial charge in [-0.2, -0.15) is 0 Å². The molecule has 5 rings (SSSR count). The van der Waals surface area contributed by atoms with E-state index in [1.54, 1.807) is 17.7 Å². The summed E-state index contributed by atoms with van der Waals surface area (Å²) >= 11 is 1.50. The van der Waals surface area contributed by atoms with Gasteiger partial charge in [-0.3, -0.25) is 14.5 Å². The summed E-state index contributed by atoms with van der Waals surface area (Å²) in [4.78, 5) is 31.9. The van der Waals surface area contributed by atoms with Crippen LogP contribution in [0.2, 0.25) is 0 Å². The summed E-state index contributed by atoms with van der Waals surface area (Å²) in [6, 6.07) is 13.1. The molecule has 2 aliphatic heterocycles. The SMILES string of the molecule is COc1ccc2ccc(=O)n(CCN3C[C@@H](CNCc4ccc5c(n4)NC(=O)CS5)[C@@H](O)C3)c2c1.Cl.Cl. The number of pyridine rings is 2. The van der Waals surface area contributed by atoms with Crippen molar-refractivity contribution in [2.45, 2.75) is 24.1 Å². The molecule has 12 heteroatoms. The molecule has 0 unspecified atom stereocenters. The third-order valence-corrected chi connectivity index (χ3v) is 7.61. The highest BCUT2D eigenvalue weighted by Gasteiger charge is 2.30. The Morgan fingerprint density at radius 3 is 2.76 bits per heavy atom. The predicted molar refractivity (Wildman–Crippen MR) is 150 cm³/mol. The lowest BCUT2D eigenvalue weighted by molar-refractivity contribution is -0.113. The Balaban J connectivity index is 0.00000190. The van der Waals surface area contributed by atoms with E-state index in [-0.39, 0.29) is 42.2 Å². The summed E-state index contributed by atoms with van der Waals surface area (Å²) < 4.78 is 7.11. The number of likely N-dealkylation sites (tertiary alicyclic amines) is 1. The van der Waals surface area contributed by atoms with Crippen LogP contribution in [-0.4, -0.2) is 70.6 Å². The van der Waals surface area contributed by atoms with Crippen molar-refractivity contribution in [2.75, 3.05) is 44.4 Å². The van der Waals surface area contributed by atoms with Crippen molar-refractivity contribution in [3.05, 3.63) is 58.5 Å². The number of β-amino-alcohol motifs (C(OH)–C–C–N with tert-alkyl or cyclic N) is 1. The first-order valence-corrected chi connectivity index (χ1v) is 12.7. The maximum Gasteiger partial charge on any atom is 0.251 e. The average Bonchev–Trinajstić information content (AvgIpc) is 3.21. The summed E-state index contributed by atoms with van der Waals surface area (Å²) in [5.74, 6) is 1.82. The van der Waals surface area contributed by atoms with Crippen LogP contribution in [0.3, 0.4) is 0 Å². The number of aliphatic hydroxyl groups excluding tert-OH is 1. The summed E-state index contributed by atoms with van der Waals surface area (Å²) in [6.45, 7) is 3.76. The van der Waals surface area contributed by atoms with Crippen molar-refractivity contribution < 1.29 is 14.6 Å². The molecule has 2 aliphatic rings. The molecule has 200 valence electrons. The number of nitrogens with one attached hydrogen (secondary N) is 2. The molecule has 0 spiro atoms. The quantitative estimate of drug-likeness (QED) is 0.380. The van der Waals surface area contributed by atoms with Gasteiger partial charge in [-0.1, -0.05) is 0 Å².